The highest BCUT2D eigenvalue weighted by Crippen LogP contribution is 2.19. The lowest BCUT2D eigenvalue weighted by Crippen LogP contribution is -2.52. The molecule has 0 atom stereocenters. The Morgan fingerprint density at radius 2 is 2.08 bits per heavy atom. The topological polar surface area (TPSA) is 69.5 Å². The molecular formula is C15H24IN7S2. The quantitative estimate of drug-likeness (QED) is 0.392. The molecule has 0 amide bonds. The van der Waals surface area contributed by atoms with E-state index in [2.05, 4.69) is 43.3 Å². The van der Waals surface area contributed by atoms with Crippen molar-refractivity contribution in [2.45, 2.75) is 26.8 Å². The van der Waals surface area contributed by atoms with E-state index < -0.39 is 0 Å². The standard InChI is InChI=1S/C15H23N7S2.HI/c1-3-12-19-15(24-20-12)22-8-6-21(7-9-22)14(16-4-2)18-11-13-17-5-10-23-13;/h5,10H,3-4,6-9,11H2,1-2H3,(H,16,18);1H. The summed E-state index contributed by atoms with van der Waals surface area (Å²) in [5.41, 5.74) is 0. The van der Waals surface area contributed by atoms with Crippen LogP contribution in [0.1, 0.15) is 24.7 Å². The van der Waals surface area contributed by atoms with Gasteiger partial charge in [-0.2, -0.15) is 4.37 Å². The third kappa shape index (κ3) is 5.48. The second kappa shape index (κ2) is 10.2. The minimum atomic E-state index is 0. The highest BCUT2D eigenvalue weighted by atomic mass is 127. The van der Waals surface area contributed by atoms with Gasteiger partial charge in [-0.15, -0.1) is 35.3 Å². The summed E-state index contributed by atoms with van der Waals surface area (Å²) in [6.07, 6.45) is 2.72. The van der Waals surface area contributed by atoms with Crippen molar-refractivity contribution < 1.29 is 0 Å². The van der Waals surface area contributed by atoms with Crippen molar-refractivity contribution in [2.24, 2.45) is 4.99 Å². The summed E-state index contributed by atoms with van der Waals surface area (Å²) in [5, 5.41) is 7.47. The van der Waals surface area contributed by atoms with Crippen LogP contribution < -0.4 is 10.2 Å². The van der Waals surface area contributed by atoms with Crippen molar-refractivity contribution in [3.05, 3.63) is 22.4 Å². The molecule has 10 heteroatoms. The number of aliphatic imine (C=N–C) groups is 1. The molecule has 7 nitrogen and oxygen atoms in total. The van der Waals surface area contributed by atoms with E-state index in [1.807, 2.05) is 11.6 Å². The Bertz CT molecular complexity index is 651. The van der Waals surface area contributed by atoms with E-state index in [9.17, 15) is 0 Å². The minimum absolute atomic E-state index is 0. The zero-order valence-electron chi connectivity index (χ0n) is 14.5. The average molecular weight is 493 g/mol. The third-order valence-electron chi connectivity index (χ3n) is 3.81. The molecule has 138 valence electrons. The molecule has 0 radical (unpaired) electrons. The molecule has 1 aliphatic heterocycles. The minimum Gasteiger partial charge on any atom is -0.357 e. The number of piperazine rings is 1. The SMILES string of the molecule is CCNC(=NCc1nccs1)N1CCN(c2nc(CC)ns2)CC1.I. The number of nitrogens with zero attached hydrogens (tertiary/aromatic N) is 6. The molecule has 1 aliphatic rings. The number of rotatable bonds is 5. The average Bonchev–Trinajstić information content (AvgIpc) is 3.30. The Labute approximate surface area is 173 Å². The van der Waals surface area contributed by atoms with Crippen molar-refractivity contribution in [3.8, 4) is 0 Å². The number of nitrogens with one attached hydrogen (secondary N) is 1. The van der Waals surface area contributed by atoms with Crippen LogP contribution in [0.25, 0.3) is 0 Å². The summed E-state index contributed by atoms with van der Waals surface area (Å²) in [6, 6.07) is 0. The molecule has 0 aliphatic carbocycles. The normalized spacial score (nSPS) is 15.2. The van der Waals surface area contributed by atoms with Gasteiger partial charge in [0.25, 0.3) is 0 Å². The van der Waals surface area contributed by atoms with Crippen molar-refractivity contribution in [2.75, 3.05) is 37.6 Å². The van der Waals surface area contributed by atoms with Gasteiger partial charge in [0.1, 0.15) is 10.8 Å². The van der Waals surface area contributed by atoms with E-state index in [0.717, 1.165) is 61.1 Å². The molecule has 1 N–H and O–H groups in total. The second-order valence-electron chi connectivity index (χ2n) is 5.42. The van der Waals surface area contributed by atoms with Crippen molar-refractivity contribution in [1.82, 2.24) is 24.6 Å². The second-order valence-corrected chi connectivity index (χ2v) is 7.13. The molecule has 1 saturated heterocycles. The number of aromatic nitrogens is 3. The van der Waals surface area contributed by atoms with Gasteiger partial charge in [-0.25, -0.2) is 15.0 Å². The van der Waals surface area contributed by atoms with Gasteiger partial charge in [0.2, 0.25) is 5.13 Å². The first-order valence-electron chi connectivity index (χ1n) is 8.29. The van der Waals surface area contributed by atoms with Crippen molar-refractivity contribution >= 4 is 57.9 Å². The monoisotopic (exact) mass is 493 g/mol. The molecule has 3 heterocycles. The summed E-state index contributed by atoms with van der Waals surface area (Å²) in [5.74, 6) is 1.91. The van der Waals surface area contributed by atoms with Crippen LogP contribution in [0.4, 0.5) is 5.13 Å². The van der Waals surface area contributed by atoms with Gasteiger partial charge in [-0.3, -0.25) is 0 Å². The van der Waals surface area contributed by atoms with E-state index in [4.69, 9.17) is 4.99 Å². The first-order chi connectivity index (χ1) is 11.8. The maximum atomic E-state index is 4.73. The van der Waals surface area contributed by atoms with Gasteiger partial charge in [-0.1, -0.05) is 6.92 Å². The van der Waals surface area contributed by atoms with Crippen LogP contribution in [0.5, 0.6) is 0 Å². The van der Waals surface area contributed by atoms with Crippen LogP contribution in [0.3, 0.4) is 0 Å². The number of thiazole rings is 1. The summed E-state index contributed by atoms with van der Waals surface area (Å²) in [4.78, 5) is 18.3. The number of anilines is 1. The number of aryl methyl sites for hydroxylation is 1. The first-order valence-corrected chi connectivity index (χ1v) is 9.94. The maximum absolute atomic E-state index is 4.73. The molecule has 2 aromatic rings. The fourth-order valence-corrected chi connectivity index (χ4v) is 3.87. The highest BCUT2D eigenvalue weighted by Gasteiger charge is 2.22. The molecule has 2 aromatic heterocycles. The van der Waals surface area contributed by atoms with Crippen LogP contribution in [-0.4, -0.2) is 57.9 Å². The molecule has 0 unspecified atom stereocenters. The van der Waals surface area contributed by atoms with Crippen molar-refractivity contribution in [1.29, 1.82) is 0 Å². The van der Waals surface area contributed by atoms with E-state index in [0.29, 0.717) is 6.54 Å². The van der Waals surface area contributed by atoms with Gasteiger partial charge in [0.05, 0.1) is 6.54 Å². The zero-order valence-corrected chi connectivity index (χ0v) is 18.5. The predicted molar refractivity (Wildman–Crippen MR) is 115 cm³/mol. The molecule has 1 fully saturated rings. The molecule has 0 saturated carbocycles. The fraction of sp³-hybridized carbons (Fsp3) is 0.600. The Balaban J connectivity index is 0.00000225. The summed E-state index contributed by atoms with van der Waals surface area (Å²) in [6.45, 7) is 9.45. The van der Waals surface area contributed by atoms with Gasteiger partial charge in [0, 0.05) is 62.3 Å². The van der Waals surface area contributed by atoms with E-state index in [1.165, 1.54) is 11.5 Å². The molecule has 0 bridgehead atoms. The van der Waals surface area contributed by atoms with Crippen molar-refractivity contribution in [3.63, 3.8) is 0 Å². The van der Waals surface area contributed by atoms with Gasteiger partial charge < -0.3 is 15.1 Å². The van der Waals surface area contributed by atoms with E-state index >= 15 is 0 Å². The molecule has 3 rings (SSSR count). The van der Waals surface area contributed by atoms with Crippen LogP contribution in [0.15, 0.2) is 16.6 Å². The molecular weight excluding hydrogens is 469 g/mol. The number of hydrogen-bond donors (Lipinski definition) is 1. The smallest absolute Gasteiger partial charge is 0.205 e. The largest absolute Gasteiger partial charge is 0.357 e. The first kappa shape index (κ1) is 20.3. The number of hydrogen-bond acceptors (Lipinski definition) is 7. The van der Waals surface area contributed by atoms with Crippen LogP contribution in [0, 0.1) is 0 Å². The van der Waals surface area contributed by atoms with Crippen LogP contribution >= 0.6 is 46.8 Å². The molecule has 0 spiro atoms. The predicted octanol–water partition coefficient (Wildman–Crippen LogP) is 2.46. The van der Waals surface area contributed by atoms with Gasteiger partial charge in [0.15, 0.2) is 5.96 Å². The van der Waals surface area contributed by atoms with Crippen LogP contribution in [-0.2, 0) is 13.0 Å². The van der Waals surface area contributed by atoms with Crippen LogP contribution in [0.2, 0.25) is 0 Å². The van der Waals surface area contributed by atoms with E-state index in [-0.39, 0.29) is 24.0 Å². The summed E-state index contributed by atoms with van der Waals surface area (Å²) in [7, 11) is 0. The zero-order chi connectivity index (χ0) is 16.8. The fourth-order valence-electron chi connectivity index (χ4n) is 2.53. The summed E-state index contributed by atoms with van der Waals surface area (Å²) >= 11 is 3.15. The lowest BCUT2D eigenvalue weighted by atomic mass is 10.3. The van der Waals surface area contributed by atoms with E-state index in [1.54, 1.807) is 11.3 Å². The molecule has 25 heavy (non-hydrogen) atoms. The highest BCUT2D eigenvalue weighted by molar-refractivity contribution is 14.0. The van der Waals surface area contributed by atoms with Gasteiger partial charge >= 0.3 is 0 Å². The number of guanidine groups is 1. The molecule has 0 aromatic carbocycles. The maximum Gasteiger partial charge on any atom is 0.205 e. The lowest BCUT2D eigenvalue weighted by molar-refractivity contribution is 0.372. The Morgan fingerprint density at radius 3 is 2.68 bits per heavy atom. The Morgan fingerprint density at radius 1 is 1.28 bits per heavy atom. The Hall–Kier alpha value is -1.01. The summed E-state index contributed by atoms with van der Waals surface area (Å²) < 4.78 is 4.38. The Kier molecular flexibility index (Phi) is 8.30. The van der Waals surface area contributed by atoms with Gasteiger partial charge in [-0.05, 0) is 6.92 Å². The lowest BCUT2D eigenvalue weighted by Gasteiger charge is -2.36. The third-order valence-corrected chi connectivity index (χ3v) is 5.38. The number of halogens is 1.